The molecule has 0 bridgehead atoms. The van der Waals surface area contributed by atoms with Crippen molar-refractivity contribution >= 4 is 10.8 Å². The van der Waals surface area contributed by atoms with Crippen LogP contribution in [0.1, 0.15) is 31.9 Å². The van der Waals surface area contributed by atoms with Crippen LogP contribution in [0.15, 0.2) is 54.6 Å². The molecule has 0 heterocycles. The Morgan fingerprint density at radius 1 is 0.833 bits per heavy atom. The predicted molar refractivity (Wildman–Crippen MR) is 88.4 cm³/mol. The molecule has 0 nitrogen and oxygen atoms in total. The molecule has 0 aliphatic rings. The van der Waals surface area contributed by atoms with Crippen molar-refractivity contribution in [1.29, 1.82) is 0 Å². The van der Waals surface area contributed by atoms with Crippen LogP contribution in [0.5, 0.6) is 0 Å². The van der Waals surface area contributed by atoms with Gasteiger partial charge in [0.1, 0.15) is 0 Å². The van der Waals surface area contributed by atoms with Gasteiger partial charge in [-0.1, -0.05) is 68.3 Å². The Balaban J connectivity index is 0. The molecule has 0 unspecified atom stereocenters. The normalized spacial score (nSPS) is 10.0. The van der Waals surface area contributed by atoms with Crippen molar-refractivity contribution in [3.63, 3.8) is 0 Å². The van der Waals surface area contributed by atoms with E-state index in [4.69, 9.17) is 0 Å². The van der Waals surface area contributed by atoms with Gasteiger partial charge >= 0.3 is 26.2 Å². The number of rotatable bonds is 1. The van der Waals surface area contributed by atoms with E-state index >= 15 is 0 Å². The molecule has 3 aromatic carbocycles. The van der Waals surface area contributed by atoms with Gasteiger partial charge in [-0.3, -0.25) is 0 Å². The largest absolute Gasteiger partial charge is 4.00 e. The van der Waals surface area contributed by atoms with E-state index in [1.54, 1.807) is 0 Å². The quantitative estimate of drug-likeness (QED) is 0.338. The Hall–Kier alpha value is -0.197. The fraction of sp³-hybridized carbons (Fsp3) is 0.250. The summed E-state index contributed by atoms with van der Waals surface area (Å²) in [5.74, 6) is 0. The number of hydrogen-bond donors (Lipinski definition) is 0. The van der Waals surface area contributed by atoms with Gasteiger partial charge in [-0.05, 0) is 17.9 Å². The third-order valence-corrected chi connectivity index (χ3v) is 4.02. The van der Waals surface area contributed by atoms with E-state index in [1.165, 1.54) is 33.0 Å². The van der Waals surface area contributed by atoms with Crippen molar-refractivity contribution in [3.05, 3.63) is 65.7 Å². The monoisotopic (exact) mass is 456 g/mol. The molecular formula is C20H21Cl3Zr. The zero-order valence-electron chi connectivity index (χ0n) is 14.3. The van der Waals surface area contributed by atoms with Gasteiger partial charge in [0.15, 0.2) is 0 Å². The second-order valence-electron chi connectivity index (χ2n) is 6.65. The minimum Gasteiger partial charge on any atom is -1.00 e. The van der Waals surface area contributed by atoms with Crippen LogP contribution in [0.4, 0.5) is 0 Å². The summed E-state index contributed by atoms with van der Waals surface area (Å²) in [6.07, 6.45) is 0. The summed E-state index contributed by atoms with van der Waals surface area (Å²) in [5, 5.41) is 2.64. The van der Waals surface area contributed by atoms with Gasteiger partial charge in [-0.15, -0.1) is 34.5 Å². The molecule has 3 aromatic rings. The average molecular weight is 459 g/mol. The van der Waals surface area contributed by atoms with E-state index in [0.717, 1.165) is 0 Å². The van der Waals surface area contributed by atoms with Crippen LogP contribution < -0.4 is 37.2 Å². The topological polar surface area (TPSA) is 0 Å². The predicted octanol–water partition coefficient (Wildman–Crippen LogP) is -3.16. The summed E-state index contributed by atoms with van der Waals surface area (Å²) in [4.78, 5) is 0. The van der Waals surface area contributed by atoms with Crippen molar-refractivity contribution in [3.8, 4) is 11.1 Å². The maximum absolute atomic E-state index is 2.33. The molecule has 0 aromatic heterocycles. The maximum Gasteiger partial charge on any atom is 4.00 e. The SMILES string of the molecule is Cc1cc(C(C)(C)C)ccc1-c1cc2ccccc2[cH-]1.[Cl-].[Cl-].[Cl-].[Zr+4]. The fourth-order valence-corrected chi connectivity index (χ4v) is 2.76. The molecule has 126 valence electrons. The molecule has 0 saturated carbocycles. The molecule has 0 spiro atoms. The molecule has 0 aliphatic heterocycles. The summed E-state index contributed by atoms with van der Waals surface area (Å²) in [5.41, 5.74) is 5.63. The summed E-state index contributed by atoms with van der Waals surface area (Å²) in [6.45, 7) is 9.00. The second-order valence-corrected chi connectivity index (χ2v) is 6.65. The van der Waals surface area contributed by atoms with Crippen LogP contribution in [0, 0.1) is 6.92 Å². The van der Waals surface area contributed by atoms with E-state index in [2.05, 4.69) is 82.3 Å². The van der Waals surface area contributed by atoms with Crippen molar-refractivity contribution in [1.82, 2.24) is 0 Å². The molecule has 0 N–H and O–H groups in total. The third kappa shape index (κ3) is 5.40. The average Bonchev–Trinajstić information content (AvgIpc) is 2.80. The van der Waals surface area contributed by atoms with Gasteiger partial charge in [-0.25, -0.2) is 0 Å². The van der Waals surface area contributed by atoms with E-state index < -0.39 is 0 Å². The third-order valence-electron chi connectivity index (χ3n) is 4.02. The minimum absolute atomic E-state index is 0. The van der Waals surface area contributed by atoms with E-state index in [1.807, 2.05) is 0 Å². The molecular weight excluding hydrogens is 438 g/mol. The van der Waals surface area contributed by atoms with Gasteiger partial charge in [0.2, 0.25) is 0 Å². The number of fused-ring (bicyclic) bond motifs is 1. The standard InChI is InChI=1S/C20H21.3ClH.Zr/c1-14-11-18(20(2,3)4)9-10-19(14)17-12-15-7-5-6-8-16(15)13-17;;;;/h5-13H,1-4H3;3*1H;/q-1;;;;+4/p-3. The van der Waals surface area contributed by atoms with Crippen LogP contribution in [0.2, 0.25) is 0 Å². The first-order valence-corrected chi connectivity index (χ1v) is 7.22. The van der Waals surface area contributed by atoms with Crippen LogP contribution in [0.3, 0.4) is 0 Å². The number of aryl methyl sites for hydroxylation is 1. The van der Waals surface area contributed by atoms with Crippen molar-refractivity contribution in [2.24, 2.45) is 0 Å². The van der Waals surface area contributed by atoms with Crippen molar-refractivity contribution in [2.75, 3.05) is 0 Å². The molecule has 0 fully saturated rings. The molecule has 3 rings (SSSR count). The van der Waals surface area contributed by atoms with Gasteiger partial charge in [-0.2, -0.15) is 0 Å². The molecule has 0 amide bonds. The molecule has 0 saturated heterocycles. The van der Waals surface area contributed by atoms with Crippen LogP contribution >= 0.6 is 0 Å². The molecule has 24 heavy (non-hydrogen) atoms. The summed E-state index contributed by atoms with van der Waals surface area (Å²) in [6, 6.07) is 20.0. The van der Waals surface area contributed by atoms with Gasteiger partial charge < -0.3 is 37.2 Å². The van der Waals surface area contributed by atoms with Crippen LogP contribution in [0.25, 0.3) is 21.9 Å². The second kappa shape index (κ2) is 10.1. The molecule has 4 heteroatoms. The number of halogens is 3. The Morgan fingerprint density at radius 2 is 1.46 bits per heavy atom. The Morgan fingerprint density at radius 3 is 2.00 bits per heavy atom. The van der Waals surface area contributed by atoms with Crippen molar-refractivity contribution < 1.29 is 63.4 Å². The van der Waals surface area contributed by atoms with Crippen molar-refractivity contribution in [2.45, 2.75) is 33.1 Å². The zero-order chi connectivity index (χ0) is 14.3. The first-order valence-electron chi connectivity index (χ1n) is 7.22. The molecule has 0 aliphatic carbocycles. The smallest absolute Gasteiger partial charge is 1.00 e. The first kappa shape index (κ1) is 26.0. The van der Waals surface area contributed by atoms with E-state index in [-0.39, 0.29) is 68.8 Å². The summed E-state index contributed by atoms with van der Waals surface area (Å²) in [7, 11) is 0. The number of benzene rings is 2. The molecule has 0 atom stereocenters. The van der Waals surface area contributed by atoms with E-state index in [9.17, 15) is 0 Å². The van der Waals surface area contributed by atoms with E-state index in [0.29, 0.717) is 0 Å². The Labute approximate surface area is 183 Å². The van der Waals surface area contributed by atoms with Gasteiger partial charge in [0.05, 0.1) is 0 Å². The summed E-state index contributed by atoms with van der Waals surface area (Å²) < 4.78 is 0. The summed E-state index contributed by atoms with van der Waals surface area (Å²) >= 11 is 0. The van der Waals surface area contributed by atoms with Crippen LogP contribution in [-0.2, 0) is 31.6 Å². The first-order chi connectivity index (χ1) is 9.45. The van der Waals surface area contributed by atoms with Crippen LogP contribution in [-0.4, -0.2) is 0 Å². The minimum atomic E-state index is 0. The zero-order valence-corrected chi connectivity index (χ0v) is 19.1. The van der Waals surface area contributed by atoms with Gasteiger partial charge in [0.25, 0.3) is 0 Å². The molecule has 0 radical (unpaired) electrons. The Kier molecular flexibility index (Phi) is 10.9. The fourth-order valence-electron chi connectivity index (χ4n) is 2.76. The number of hydrogen-bond acceptors (Lipinski definition) is 0. The maximum atomic E-state index is 2.33. The van der Waals surface area contributed by atoms with Gasteiger partial charge in [0, 0.05) is 0 Å². The Bertz CT molecular complexity index is 737.